The summed E-state index contributed by atoms with van der Waals surface area (Å²) in [7, 11) is 2.11. The van der Waals surface area contributed by atoms with Crippen LogP contribution in [0.5, 0.6) is 0 Å². The predicted octanol–water partition coefficient (Wildman–Crippen LogP) is 1.46. The number of fused-ring (bicyclic) bond motifs is 1. The number of benzene rings is 1. The minimum Gasteiger partial charge on any atom is -0.304 e. The van der Waals surface area contributed by atoms with E-state index in [-0.39, 0.29) is 5.91 Å². The number of likely N-dealkylation sites (N-methyl/N-ethyl adjacent to an activating group) is 1. The van der Waals surface area contributed by atoms with Gasteiger partial charge in [-0.25, -0.2) is 5.01 Å². The maximum atomic E-state index is 12.3. The van der Waals surface area contributed by atoms with Crippen molar-refractivity contribution in [3.8, 4) is 0 Å². The molecule has 0 unspecified atom stereocenters. The van der Waals surface area contributed by atoms with Crippen molar-refractivity contribution in [3.63, 3.8) is 0 Å². The molecule has 20 heavy (non-hydrogen) atoms. The molecule has 0 atom stereocenters. The fourth-order valence-corrected chi connectivity index (χ4v) is 3.00. The van der Waals surface area contributed by atoms with E-state index >= 15 is 0 Å². The topological polar surface area (TPSA) is 35.6 Å². The van der Waals surface area contributed by atoms with E-state index in [1.54, 1.807) is 0 Å². The third-order valence-electron chi connectivity index (χ3n) is 4.37. The number of aryl methyl sites for hydroxylation is 2. The molecule has 0 saturated carbocycles. The standard InChI is InChI=1S/C16H23N3O/c1-18-8-10-19(11-9-18)17-16(20)15-7-6-13-4-2-3-5-14(13)12-15/h6-7,12H,2-5,8-11H2,1H3,(H,17,20). The summed E-state index contributed by atoms with van der Waals surface area (Å²) in [5, 5.41) is 2.03. The van der Waals surface area contributed by atoms with E-state index in [9.17, 15) is 4.79 Å². The molecule has 2 aliphatic rings. The van der Waals surface area contributed by atoms with Gasteiger partial charge in [-0.05, 0) is 56.0 Å². The summed E-state index contributed by atoms with van der Waals surface area (Å²) in [5.74, 6) is 0.0305. The number of hydrogen-bond acceptors (Lipinski definition) is 3. The average molecular weight is 273 g/mol. The summed E-state index contributed by atoms with van der Waals surface area (Å²) in [6.45, 7) is 3.80. The van der Waals surface area contributed by atoms with Gasteiger partial charge in [-0.15, -0.1) is 0 Å². The van der Waals surface area contributed by atoms with Crippen molar-refractivity contribution < 1.29 is 4.79 Å². The van der Waals surface area contributed by atoms with E-state index in [1.807, 2.05) is 11.1 Å². The van der Waals surface area contributed by atoms with Gasteiger partial charge in [0.15, 0.2) is 0 Å². The number of hydrogen-bond donors (Lipinski definition) is 1. The number of nitrogens with one attached hydrogen (secondary N) is 1. The summed E-state index contributed by atoms with van der Waals surface area (Å²) in [5.41, 5.74) is 6.61. The molecule has 1 heterocycles. The zero-order chi connectivity index (χ0) is 13.9. The maximum absolute atomic E-state index is 12.3. The number of amides is 1. The SMILES string of the molecule is CN1CCN(NC(=O)c2ccc3c(c2)CCCC3)CC1. The lowest BCUT2D eigenvalue weighted by molar-refractivity contribution is 0.0662. The Kier molecular flexibility index (Phi) is 4.03. The smallest absolute Gasteiger partial charge is 0.265 e. The van der Waals surface area contributed by atoms with Crippen LogP contribution in [0.4, 0.5) is 0 Å². The Morgan fingerprint density at radius 2 is 1.75 bits per heavy atom. The fraction of sp³-hybridized carbons (Fsp3) is 0.562. The van der Waals surface area contributed by atoms with E-state index < -0.39 is 0 Å². The quantitative estimate of drug-likeness (QED) is 0.886. The largest absolute Gasteiger partial charge is 0.304 e. The minimum atomic E-state index is 0.0305. The van der Waals surface area contributed by atoms with Crippen LogP contribution >= 0.6 is 0 Å². The van der Waals surface area contributed by atoms with Gasteiger partial charge in [0.1, 0.15) is 0 Å². The zero-order valence-electron chi connectivity index (χ0n) is 12.2. The van der Waals surface area contributed by atoms with Crippen molar-refractivity contribution in [3.05, 3.63) is 34.9 Å². The highest BCUT2D eigenvalue weighted by molar-refractivity contribution is 5.94. The number of rotatable bonds is 2. The zero-order valence-corrected chi connectivity index (χ0v) is 12.2. The molecular weight excluding hydrogens is 250 g/mol. The molecule has 0 radical (unpaired) electrons. The van der Waals surface area contributed by atoms with Crippen LogP contribution in [0.1, 0.15) is 34.3 Å². The van der Waals surface area contributed by atoms with E-state index in [0.717, 1.165) is 44.6 Å². The minimum absolute atomic E-state index is 0.0305. The highest BCUT2D eigenvalue weighted by Crippen LogP contribution is 2.22. The van der Waals surface area contributed by atoms with Gasteiger partial charge >= 0.3 is 0 Å². The maximum Gasteiger partial charge on any atom is 0.265 e. The van der Waals surface area contributed by atoms with Crippen LogP contribution in [0.2, 0.25) is 0 Å². The van der Waals surface area contributed by atoms with Crippen LogP contribution in [0, 0.1) is 0 Å². The molecule has 1 aromatic carbocycles. The molecule has 1 N–H and O–H groups in total. The van der Waals surface area contributed by atoms with Crippen molar-refractivity contribution in [2.75, 3.05) is 33.2 Å². The molecule has 3 rings (SSSR count). The Hall–Kier alpha value is -1.39. The Labute approximate surface area is 120 Å². The summed E-state index contributed by atoms with van der Waals surface area (Å²) in [4.78, 5) is 14.6. The first kappa shape index (κ1) is 13.6. The number of nitrogens with zero attached hydrogens (tertiary/aromatic N) is 2. The Morgan fingerprint density at radius 1 is 1.05 bits per heavy atom. The van der Waals surface area contributed by atoms with Crippen molar-refractivity contribution in [1.82, 2.24) is 15.3 Å². The van der Waals surface area contributed by atoms with Crippen LogP contribution in [-0.4, -0.2) is 49.0 Å². The Balaban J connectivity index is 1.65. The van der Waals surface area contributed by atoms with Gasteiger partial charge in [0.05, 0.1) is 0 Å². The molecule has 0 aromatic heterocycles. The molecule has 1 aliphatic heterocycles. The van der Waals surface area contributed by atoms with E-state index in [2.05, 4.69) is 29.5 Å². The number of carbonyl (C=O) groups is 1. The monoisotopic (exact) mass is 273 g/mol. The summed E-state index contributed by atoms with van der Waals surface area (Å²) < 4.78 is 0. The lowest BCUT2D eigenvalue weighted by Crippen LogP contribution is -2.52. The normalized spacial score (nSPS) is 20.4. The fourth-order valence-electron chi connectivity index (χ4n) is 3.00. The van der Waals surface area contributed by atoms with Gasteiger partial charge in [-0.3, -0.25) is 10.2 Å². The van der Waals surface area contributed by atoms with Gasteiger partial charge in [0.25, 0.3) is 5.91 Å². The molecule has 108 valence electrons. The van der Waals surface area contributed by atoms with E-state index in [0.29, 0.717) is 0 Å². The third kappa shape index (κ3) is 3.02. The average Bonchev–Trinajstić information content (AvgIpc) is 2.49. The number of piperazine rings is 1. The van der Waals surface area contributed by atoms with Gasteiger partial charge in [-0.1, -0.05) is 6.07 Å². The molecule has 1 aliphatic carbocycles. The molecule has 1 aromatic rings. The molecule has 4 heteroatoms. The lowest BCUT2D eigenvalue weighted by atomic mass is 9.90. The van der Waals surface area contributed by atoms with Gasteiger partial charge < -0.3 is 4.90 Å². The van der Waals surface area contributed by atoms with Crippen molar-refractivity contribution >= 4 is 5.91 Å². The molecule has 0 bridgehead atoms. The first-order valence-corrected chi connectivity index (χ1v) is 7.58. The second kappa shape index (κ2) is 5.94. The van der Waals surface area contributed by atoms with Crippen LogP contribution in [0.15, 0.2) is 18.2 Å². The highest BCUT2D eigenvalue weighted by Gasteiger charge is 2.18. The van der Waals surface area contributed by atoms with Crippen LogP contribution in [-0.2, 0) is 12.8 Å². The van der Waals surface area contributed by atoms with Gasteiger partial charge in [0.2, 0.25) is 0 Å². The molecular formula is C16H23N3O. The predicted molar refractivity (Wildman–Crippen MR) is 79.6 cm³/mol. The van der Waals surface area contributed by atoms with Crippen LogP contribution in [0.25, 0.3) is 0 Å². The molecule has 1 amide bonds. The molecule has 0 spiro atoms. The van der Waals surface area contributed by atoms with Crippen molar-refractivity contribution in [1.29, 1.82) is 0 Å². The summed E-state index contributed by atoms with van der Waals surface area (Å²) in [6.07, 6.45) is 4.80. The van der Waals surface area contributed by atoms with Crippen molar-refractivity contribution in [2.24, 2.45) is 0 Å². The van der Waals surface area contributed by atoms with Crippen LogP contribution in [0.3, 0.4) is 0 Å². The van der Waals surface area contributed by atoms with Crippen molar-refractivity contribution in [2.45, 2.75) is 25.7 Å². The second-order valence-corrected chi connectivity index (χ2v) is 5.92. The second-order valence-electron chi connectivity index (χ2n) is 5.92. The summed E-state index contributed by atoms with van der Waals surface area (Å²) >= 11 is 0. The number of carbonyl (C=O) groups excluding carboxylic acids is 1. The summed E-state index contributed by atoms with van der Waals surface area (Å²) in [6, 6.07) is 6.18. The number of hydrazine groups is 1. The highest BCUT2D eigenvalue weighted by atomic mass is 16.2. The van der Waals surface area contributed by atoms with Crippen LogP contribution < -0.4 is 5.43 Å². The Bertz CT molecular complexity index is 492. The van der Waals surface area contributed by atoms with E-state index in [1.165, 1.54) is 24.0 Å². The molecule has 1 fully saturated rings. The molecule has 1 saturated heterocycles. The lowest BCUT2D eigenvalue weighted by Gasteiger charge is -2.32. The molecule has 4 nitrogen and oxygen atoms in total. The Morgan fingerprint density at radius 3 is 2.50 bits per heavy atom. The van der Waals surface area contributed by atoms with E-state index in [4.69, 9.17) is 0 Å². The van der Waals surface area contributed by atoms with Gasteiger partial charge in [-0.2, -0.15) is 0 Å². The third-order valence-corrected chi connectivity index (χ3v) is 4.37. The van der Waals surface area contributed by atoms with Gasteiger partial charge in [0, 0.05) is 31.7 Å². The first-order valence-electron chi connectivity index (χ1n) is 7.58. The first-order chi connectivity index (χ1) is 9.72.